The molecule has 0 aliphatic carbocycles. The van der Waals surface area contributed by atoms with Crippen LogP contribution in [0.5, 0.6) is 5.75 Å². The highest BCUT2D eigenvalue weighted by atomic mass is 32.1. The summed E-state index contributed by atoms with van der Waals surface area (Å²) >= 11 is 1.65. The van der Waals surface area contributed by atoms with Gasteiger partial charge < -0.3 is 4.74 Å². The fraction of sp³-hybridized carbons (Fsp3) is 0.200. The molecule has 0 aliphatic heterocycles. The molecular weight excluding hydrogens is 270 g/mol. The van der Waals surface area contributed by atoms with Crippen molar-refractivity contribution in [3.63, 3.8) is 0 Å². The van der Waals surface area contributed by atoms with Crippen LogP contribution in [0.15, 0.2) is 35.2 Å². The second-order valence-electron chi connectivity index (χ2n) is 4.47. The second kappa shape index (κ2) is 5.35. The second-order valence-corrected chi connectivity index (χ2v) is 5.25. The number of aryl methyl sites for hydroxylation is 1. The maximum atomic E-state index is 8.90. The number of hydrogen-bond donors (Lipinski definition) is 0. The number of nitrogens with zero attached hydrogens (tertiary/aromatic N) is 3. The van der Waals surface area contributed by atoms with Gasteiger partial charge in [-0.25, -0.2) is 4.98 Å². The molecular formula is C15H13N3OS. The number of rotatable bonds is 4. The van der Waals surface area contributed by atoms with E-state index >= 15 is 0 Å². The highest BCUT2D eigenvalue weighted by Crippen LogP contribution is 2.23. The number of pyridine rings is 1. The Hall–Kier alpha value is -2.32. The van der Waals surface area contributed by atoms with Gasteiger partial charge in [0.2, 0.25) is 0 Å². The van der Waals surface area contributed by atoms with Crippen LogP contribution in [0.25, 0.3) is 5.65 Å². The van der Waals surface area contributed by atoms with Crippen LogP contribution >= 0.6 is 11.3 Å². The van der Waals surface area contributed by atoms with Crippen LogP contribution in [0.2, 0.25) is 0 Å². The number of aromatic nitrogens is 2. The van der Waals surface area contributed by atoms with Gasteiger partial charge in [0.25, 0.3) is 0 Å². The molecule has 0 aromatic carbocycles. The summed E-state index contributed by atoms with van der Waals surface area (Å²) in [6, 6.07) is 8.04. The quantitative estimate of drug-likeness (QED) is 0.737. The SMILES string of the molecule is Cc1nc2c(OCc3ccsc3)cccn2c1CC#N. The van der Waals surface area contributed by atoms with Crippen molar-refractivity contribution in [1.29, 1.82) is 5.26 Å². The van der Waals surface area contributed by atoms with E-state index in [1.165, 1.54) is 0 Å². The molecule has 0 unspecified atom stereocenters. The summed E-state index contributed by atoms with van der Waals surface area (Å²) in [4.78, 5) is 4.52. The van der Waals surface area contributed by atoms with Crippen molar-refractivity contribution in [3.8, 4) is 11.8 Å². The molecule has 0 aliphatic rings. The summed E-state index contributed by atoms with van der Waals surface area (Å²) in [7, 11) is 0. The third-order valence-corrected chi connectivity index (χ3v) is 3.87. The summed E-state index contributed by atoms with van der Waals surface area (Å²) in [5.41, 5.74) is 3.71. The van der Waals surface area contributed by atoms with Gasteiger partial charge in [-0.15, -0.1) is 0 Å². The summed E-state index contributed by atoms with van der Waals surface area (Å²) in [6.07, 6.45) is 2.26. The average Bonchev–Trinajstić information content (AvgIpc) is 3.06. The van der Waals surface area contributed by atoms with Crippen molar-refractivity contribution >= 4 is 17.0 Å². The van der Waals surface area contributed by atoms with Crippen molar-refractivity contribution in [2.45, 2.75) is 20.0 Å². The molecule has 100 valence electrons. The van der Waals surface area contributed by atoms with E-state index in [2.05, 4.69) is 16.4 Å². The third-order valence-electron chi connectivity index (χ3n) is 3.13. The molecule has 3 aromatic heterocycles. The van der Waals surface area contributed by atoms with E-state index in [1.807, 2.05) is 41.1 Å². The molecule has 5 heteroatoms. The molecule has 0 amide bonds. The van der Waals surface area contributed by atoms with Gasteiger partial charge >= 0.3 is 0 Å². The average molecular weight is 283 g/mol. The van der Waals surface area contributed by atoms with E-state index in [1.54, 1.807) is 11.3 Å². The molecule has 4 nitrogen and oxygen atoms in total. The van der Waals surface area contributed by atoms with Gasteiger partial charge in [0, 0.05) is 6.20 Å². The number of imidazole rings is 1. The van der Waals surface area contributed by atoms with Gasteiger partial charge in [-0.3, -0.25) is 4.40 Å². The van der Waals surface area contributed by atoms with Crippen LogP contribution < -0.4 is 4.74 Å². The fourth-order valence-electron chi connectivity index (χ4n) is 2.14. The largest absolute Gasteiger partial charge is 0.485 e. The molecule has 0 spiro atoms. The van der Waals surface area contributed by atoms with E-state index in [4.69, 9.17) is 10.00 Å². The van der Waals surface area contributed by atoms with Crippen molar-refractivity contribution in [2.75, 3.05) is 0 Å². The summed E-state index contributed by atoms with van der Waals surface area (Å²) in [5, 5.41) is 13.0. The normalized spacial score (nSPS) is 10.6. The zero-order chi connectivity index (χ0) is 13.9. The van der Waals surface area contributed by atoms with Gasteiger partial charge in [-0.05, 0) is 41.4 Å². The number of ether oxygens (including phenoxy) is 1. The van der Waals surface area contributed by atoms with Crippen molar-refractivity contribution in [1.82, 2.24) is 9.38 Å². The smallest absolute Gasteiger partial charge is 0.180 e. The first kappa shape index (κ1) is 12.7. The minimum atomic E-state index is 0.348. The number of fused-ring (bicyclic) bond motifs is 1. The first-order valence-electron chi connectivity index (χ1n) is 6.27. The lowest BCUT2D eigenvalue weighted by atomic mass is 10.3. The minimum absolute atomic E-state index is 0.348. The molecule has 20 heavy (non-hydrogen) atoms. The van der Waals surface area contributed by atoms with E-state index in [9.17, 15) is 0 Å². The monoisotopic (exact) mass is 283 g/mol. The highest BCUT2D eigenvalue weighted by molar-refractivity contribution is 7.07. The van der Waals surface area contributed by atoms with E-state index in [-0.39, 0.29) is 0 Å². The maximum absolute atomic E-state index is 8.90. The third kappa shape index (κ3) is 2.26. The van der Waals surface area contributed by atoms with E-state index in [0.717, 1.165) is 28.3 Å². The Kier molecular flexibility index (Phi) is 3.40. The molecule has 0 fully saturated rings. The fourth-order valence-corrected chi connectivity index (χ4v) is 2.79. The predicted octanol–water partition coefficient (Wildman–Crippen LogP) is 3.35. The highest BCUT2D eigenvalue weighted by Gasteiger charge is 2.12. The van der Waals surface area contributed by atoms with Crippen molar-refractivity contribution < 1.29 is 4.74 Å². The lowest BCUT2D eigenvalue weighted by molar-refractivity contribution is 0.308. The lowest BCUT2D eigenvalue weighted by Crippen LogP contribution is -1.98. The Morgan fingerprint density at radius 2 is 2.35 bits per heavy atom. The molecule has 0 atom stereocenters. The van der Waals surface area contributed by atoms with Crippen LogP contribution in [-0.4, -0.2) is 9.38 Å². The van der Waals surface area contributed by atoms with Crippen LogP contribution in [0.1, 0.15) is 17.0 Å². The topological polar surface area (TPSA) is 50.3 Å². The van der Waals surface area contributed by atoms with Crippen LogP contribution in [-0.2, 0) is 13.0 Å². The van der Waals surface area contributed by atoms with E-state index < -0.39 is 0 Å². The number of hydrogen-bond acceptors (Lipinski definition) is 4. The molecule has 0 radical (unpaired) electrons. The van der Waals surface area contributed by atoms with Gasteiger partial charge in [0.15, 0.2) is 11.4 Å². The molecule has 0 saturated heterocycles. The Morgan fingerprint density at radius 3 is 3.10 bits per heavy atom. The van der Waals surface area contributed by atoms with E-state index in [0.29, 0.717) is 13.0 Å². The van der Waals surface area contributed by atoms with Gasteiger partial charge in [-0.1, -0.05) is 0 Å². The van der Waals surface area contributed by atoms with Crippen LogP contribution in [0.3, 0.4) is 0 Å². The Labute approximate surface area is 120 Å². The Balaban J connectivity index is 1.95. The van der Waals surface area contributed by atoms with Crippen molar-refractivity contribution in [2.24, 2.45) is 0 Å². The number of thiophene rings is 1. The zero-order valence-corrected chi connectivity index (χ0v) is 11.9. The van der Waals surface area contributed by atoms with Crippen LogP contribution in [0, 0.1) is 18.3 Å². The Morgan fingerprint density at radius 1 is 1.45 bits per heavy atom. The molecule has 3 rings (SSSR count). The molecule has 0 saturated carbocycles. The van der Waals surface area contributed by atoms with Gasteiger partial charge in [0.05, 0.1) is 23.9 Å². The molecule has 0 bridgehead atoms. The standard InChI is InChI=1S/C15H13N3OS/c1-11-13(4-6-16)18-7-2-3-14(15(18)17-11)19-9-12-5-8-20-10-12/h2-3,5,7-8,10H,4,9H2,1H3. The first-order valence-corrected chi connectivity index (χ1v) is 7.21. The molecule has 3 heterocycles. The molecule has 0 N–H and O–H groups in total. The van der Waals surface area contributed by atoms with Crippen LogP contribution in [0.4, 0.5) is 0 Å². The first-order chi connectivity index (χ1) is 9.79. The van der Waals surface area contributed by atoms with Gasteiger partial charge in [-0.2, -0.15) is 16.6 Å². The molecule has 3 aromatic rings. The van der Waals surface area contributed by atoms with Gasteiger partial charge in [0.1, 0.15) is 6.61 Å². The summed E-state index contributed by atoms with van der Waals surface area (Å²) in [5.74, 6) is 0.742. The maximum Gasteiger partial charge on any atom is 0.180 e. The lowest BCUT2D eigenvalue weighted by Gasteiger charge is -2.06. The minimum Gasteiger partial charge on any atom is -0.485 e. The van der Waals surface area contributed by atoms with Crippen molar-refractivity contribution in [3.05, 3.63) is 52.1 Å². The Bertz CT molecular complexity index is 768. The summed E-state index contributed by atoms with van der Waals surface area (Å²) in [6.45, 7) is 2.45. The zero-order valence-electron chi connectivity index (χ0n) is 11.0. The predicted molar refractivity (Wildman–Crippen MR) is 77.9 cm³/mol. The number of nitriles is 1. The summed E-state index contributed by atoms with van der Waals surface area (Å²) < 4.78 is 7.78.